The Balaban J connectivity index is 1.95. The van der Waals surface area contributed by atoms with E-state index < -0.39 is 0 Å². The molecule has 0 radical (unpaired) electrons. The van der Waals surface area contributed by atoms with E-state index in [9.17, 15) is 0 Å². The second kappa shape index (κ2) is 5.12. The van der Waals surface area contributed by atoms with E-state index in [4.69, 9.17) is 4.74 Å². The minimum atomic E-state index is 0.592. The predicted octanol–water partition coefficient (Wildman–Crippen LogP) is 3.34. The predicted molar refractivity (Wildman–Crippen MR) is 80.1 cm³/mol. The first kappa shape index (κ1) is 12.9. The summed E-state index contributed by atoms with van der Waals surface area (Å²) < 4.78 is 5.30. The van der Waals surface area contributed by atoms with Crippen LogP contribution in [0.2, 0.25) is 0 Å². The highest BCUT2D eigenvalue weighted by atomic mass is 16.5. The molecule has 0 unspecified atom stereocenters. The maximum absolute atomic E-state index is 5.30. The molecule has 0 aliphatic heterocycles. The van der Waals surface area contributed by atoms with Gasteiger partial charge in [0.15, 0.2) is 0 Å². The molecule has 3 rings (SSSR count). The Morgan fingerprint density at radius 1 is 1.15 bits per heavy atom. The smallest absolute Gasteiger partial charge is 0.130 e. The number of anilines is 1. The van der Waals surface area contributed by atoms with E-state index in [1.165, 1.54) is 12.8 Å². The summed E-state index contributed by atoms with van der Waals surface area (Å²) in [5, 5.41) is 3.43. The molecule has 1 fully saturated rings. The highest BCUT2D eigenvalue weighted by Crippen LogP contribution is 2.28. The lowest BCUT2D eigenvalue weighted by Crippen LogP contribution is -2.05. The van der Waals surface area contributed by atoms with Crippen LogP contribution in [-0.4, -0.2) is 23.1 Å². The third kappa shape index (κ3) is 2.74. The summed E-state index contributed by atoms with van der Waals surface area (Å²) in [4.78, 5) is 8.99. The Morgan fingerprint density at radius 3 is 2.60 bits per heavy atom. The van der Waals surface area contributed by atoms with E-state index in [1.807, 2.05) is 32.0 Å². The fraction of sp³-hybridized carbons (Fsp3) is 0.375. The maximum atomic E-state index is 5.30. The summed E-state index contributed by atoms with van der Waals surface area (Å²) >= 11 is 0. The summed E-state index contributed by atoms with van der Waals surface area (Å²) in [5.41, 5.74) is 3.15. The van der Waals surface area contributed by atoms with Crippen molar-refractivity contribution in [2.45, 2.75) is 32.7 Å². The van der Waals surface area contributed by atoms with Crippen LogP contribution in [0, 0.1) is 13.8 Å². The Labute approximate surface area is 119 Å². The van der Waals surface area contributed by atoms with Crippen molar-refractivity contribution in [3.8, 4) is 17.0 Å². The van der Waals surface area contributed by atoms with Gasteiger partial charge in [-0.15, -0.1) is 0 Å². The molecule has 2 aromatic rings. The van der Waals surface area contributed by atoms with E-state index >= 15 is 0 Å². The number of aromatic nitrogens is 2. The van der Waals surface area contributed by atoms with Gasteiger partial charge in [0.2, 0.25) is 0 Å². The SMILES string of the molecule is COc1ccc(-c2cc(NC3CC3)nc(C)n2)cc1C. The molecule has 4 heteroatoms. The molecular weight excluding hydrogens is 250 g/mol. The summed E-state index contributed by atoms with van der Waals surface area (Å²) in [6.07, 6.45) is 2.47. The summed E-state index contributed by atoms with van der Waals surface area (Å²) in [7, 11) is 1.69. The molecule has 4 nitrogen and oxygen atoms in total. The van der Waals surface area contributed by atoms with Gasteiger partial charge in [-0.2, -0.15) is 0 Å². The van der Waals surface area contributed by atoms with Crippen molar-refractivity contribution >= 4 is 5.82 Å². The van der Waals surface area contributed by atoms with Crippen molar-refractivity contribution in [1.29, 1.82) is 0 Å². The van der Waals surface area contributed by atoms with Gasteiger partial charge in [-0.3, -0.25) is 0 Å². The third-order valence-corrected chi connectivity index (χ3v) is 3.46. The molecule has 0 saturated heterocycles. The van der Waals surface area contributed by atoms with Crippen LogP contribution in [0.5, 0.6) is 5.75 Å². The van der Waals surface area contributed by atoms with Gasteiger partial charge in [-0.05, 0) is 50.5 Å². The Kier molecular flexibility index (Phi) is 3.30. The van der Waals surface area contributed by atoms with E-state index in [0.717, 1.165) is 34.2 Å². The van der Waals surface area contributed by atoms with Gasteiger partial charge < -0.3 is 10.1 Å². The molecule has 1 saturated carbocycles. The maximum Gasteiger partial charge on any atom is 0.130 e. The quantitative estimate of drug-likeness (QED) is 0.924. The lowest BCUT2D eigenvalue weighted by atomic mass is 10.1. The van der Waals surface area contributed by atoms with Crippen molar-refractivity contribution in [3.05, 3.63) is 35.7 Å². The van der Waals surface area contributed by atoms with Crippen LogP contribution in [0.3, 0.4) is 0 Å². The number of ether oxygens (including phenoxy) is 1. The highest BCUT2D eigenvalue weighted by molar-refractivity contribution is 5.65. The lowest BCUT2D eigenvalue weighted by Gasteiger charge is -2.10. The van der Waals surface area contributed by atoms with Gasteiger partial charge in [0, 0.05) is 17.7 Å². The number of rotatable bonds is 4. The minimum Gasteiger partial charge on any atom is -0.496 e. The second-order valence-electron chi connectivity index (χ2n) is 5.29. The molecule has 0 spiro atoms. The average molecular weight is 269 g/mol. The number of methoxy groups -OCH3 is 1. The topological polar surface area (TPSA) is 47.0 Å². The summed E-state index contributed by atoms with van der Waals surface area (Å²) in [6.45, 7) is 3.97. The van der Waals surface area contributed by atoms with E-state index in [2.05, 4.69) is 21.4 Å². The minimum absolute atomic E-state index is 0.592. The summed E-state index contributed by atoms with van der Waals surface area (Å²) in [5.74, 6) is 2.61. The average Bonchev–Trinajstić information content (AvgIpc) is 3.22. The molecule has 0 amide bonds. The Bertz CT molecular complexity index is 636. The number of nitrogens with one attached hydrogen (secondary N) is 1. The molecule has 1 aliphatic carbocycles. The second-order valence-corrected chi connectivity index (χ2v) is 5.29. The van der Waals surface area contributed by atoms with Crippen molar-refractivity contribution < 1.29 is 4.74 Å². The van der Waals surface area contributed by atoms with Crippen molar-refractivity contribution in [1.82, 2.24) is 9.97 Å². The highest BCUT2D eigenvalue weighted by Gasteiger charge is 2.21. The van der Waals surface area contributed by atoms with Gasteiger partial charge in [0.1, 0.15) is 17.4 Å². The van der Waals surface area contributed by atoms with E-state index in [1.54, 1.807) is 7.11 Å². The molecular formula is C16H19N3O. The fourth-order valence-electron chi connectivity index (χ4n) is 2.26. The zero-order chi connectivity index (χ0) is 14.1. The monoisotopic (exact) mass is 269 g/mol. The van der Waals surface area contributed by atoms with Gasteiger partial charge in [-0.1, -0.05) is 0 Å². The van der Waals surface area contributed by atoms with E-state index in [-0.39, 0.29) is 0 Å². The van der Waals surface area contributed by atoms with Crippen LogP contribution in [0.15, 0.2) is 24.3 Å². The first-order valence-electron chi connectivity index (χ1n) is 6.93. The molecule has 1 aromatic carbocycles. The first-order valence-corrected chi connectivity index (χ1v) is 6.93. The van der Waals surface area contributed by atoms with Crippen LogP contribution in [-0.2, 0) is 0 Å². The fourth-order valence-corrected chi connectivity index (χ4v) is 2.26. The van der Waals surface area contributed by atoms with Crippen LogP contribution >= 0.6 is 0 Å². The van der Waals surface area contributed by atoms with Gasteiger partial charge >= 0.3 is 0 Å². The molecule has 0 bridgehead atoms. The molecule has 20 heavy (non-hydrogen) atoms. The van der Waals surface area contributed by atoms with Crippen LogP contribution in [0.1, 0.15) is 24.2 Å². The Morgan fingerprint density at radius 2 is 1.95 bits per heavy atom. The third-order valence-electron chi connectivity index (χ3n) is 3.46. The molecule has 0 atom stereocenters. The van der Waals surface area contributed by atoms with Crippen molar-refractivity contribution in [2.24, 2.45) is 0 Å². The number of aryl methyl sites for hydroxylation is 2. The normalized spacial score (nSPS) is 14.2. The van der Waals surface area contributed by atoms with Crippen LogP contribution < -0.4 is 10.1 Å². The first-order chi connectivity index (χ1) is 9.65. The van der Waals surface area contributed by atoms with Crippen molar-refractivity contribution in [2.75, 3.05) is 12.4 Å². The summed E-state index contributed by atoms with van der Waals surface area (Å²) in [6, 6.07) is 8.73. The molecule has 1 N–H and O–H groups in total. The number of hydrogen-bond acceptors (Lipinski definition) is 4. The number of nitrogens with zero attached hydrogens (tertiary/aromatic N) is 2. The molecule has 104 valence electrons. The van der Waals surface area contributed by atoms with Gasteiger partial charge in [0.25, 0.3) is 0 Å². The standard InChI is InChI=1S/C16H19N3O/c1-10-8-12(4-7-15(10)20-3)14-9-16(18-11(2)17-14)19-13-5-6-13/h4,7-9,13H,5-6H2,1-3H3,(H,17,18,19). The number of hydrogen-bond donors (Lipinski definition) is 1. The molecule has 1 aliphatic rings. The number of benzene rings is 1. The lowest BCUT2D eigenvalue weighted by molar-refractivity contribution is 0.412. The van der Waals surface area contributed by atoms with Crippen LogP contribution in [0.25, 0.3) is 11.3 Å². The molecule has 1 aromatic heterocycles. The zero-order valence-electron chi connectivity index (χ0n) is 12.1. The Hall–Kier alpha value is -2.10. The van der Waals surface area contributed by atoms with Crippen molar-refractivity contribution in [3.63, 3.8) is 0 Å². The molecule has 1 heterocycles. The van der Waals surface area contributed by atoms with Crippen LogP contribution in [0.4, 0.5) is 5.82 Å². The van der Waals surface area contributed by atoms with Gasteiger partial charge in [0.05, 0.1) is 12.8 Å². The van der Waals surface area contributed by atoms with E-state index in [0.29, 0.717) is 6.04 Å². The largest absolute Gasteiger partial charge is 0.496 e. The zero-order valence-corrected chi connectivity index (χ0v) is 12.1. The van der Waals surface area contributed by atoms with Gasteiger partial charge in [-0.25, -0.2) is 9.97 Å².